The number of rotatable bonds is 7. The lowest BCUT2D eigenvalue weighted by molar-refractivity contribution is -0.138. The molecule has 0 unspecified atom stereocenters. The van der Waals surface area contributed by atoms with Gasteiger partial charge in [-0.15, -0.1) is 10.2 Å². The number of hydrogen-bond acceptors (Lipinski definition) is 7. The van der Waals surface area contributed by atoms with Crippen molar-refractivity contribution in [3.63, 3.8) is 0 Å². The fourth-order valence-corrected chi connectivity index (χ4v) is 4.30. The van der Waals surface area contributed by atoms with Gasteiger partial charge in [0.05, 0.1) is 17.0 Å². The zero-order valence-corrected chi connectivity index (χ0v) is 18.8. The Kier molecular flexibility index (Phi) is 7.16. The van der Waals surface area contributed by atoms with Crippen molar-refractivity contribution in [3.8, 4) is 0 Å². The summed E-state index contributed by atoms with van der Waals surface area (Å²) >= 11 is 0. The van der Waals surface area contributed by atoms with Crippen molar-refractivity contribution in [3.05, 3.63) is 59.5 Å². The Morgan fingerprint density at radius 2 is 1.88 bits per heavy atom. The van der Waals surface area contributed by atoms with Gasteiger partial charge in [0, 0.05) is 62.3 Å². The molecule has 0 spiro atoms. The average molecular weight is 470 g/mol. The molecule has 0 radical (unpaired) electrons. The molecule has 2 N–H and O–H groups in total. The normalized spacial score (nSPS) is 15.6. The van der Waals surface area contributed by atoms with Crippen LogP contribution in [0.3, 0.4) is 0 Å². The Morgan fingerprint density at radius 1 is 1.15 bits per heavy atom. The maximum atomic E-state index is 13.2. The first-order valence-corrected chi connectivity index (χ1v) is 11.1. The number of nitrogens with zero attached hydrogens (tertiary/aromatic N) is 5. The van der Waals surface area contributed by atoms with Crippen molar-refractivity contribution >= 4 is 28.5 Å². The van der Waals surface area contributed by atoms with Gasteiger partial charge in [0.15, 0.2) is 5.82 Å². The molecule has 7 nitrogen and oxygen atoms in total. The highest BCUT2D eigenvalue weighted by Crippen LogP contribution is 2.31. The Morgan fingerprint density at radius 3 is 2.56 bits per heavy atom. The molecule has 1 aliphatic heterocycles. The molecular weight excluding hydrogens is 443 g/mol. The largest absolute Gasteiger partial charge is 0.418 e. The number of pyridine rings is 1. The summed E-state index contributed by atoms with van der Waals surface area (Å²) in [6.07, 6.45) is 0.189. The lowest BCUT2D eigenvalue weighted by Gasteiger charge is -2.33. The van der Waals surface area contributed by atoms with Crippen LogP contribution in [-0.4, -0.2) is 53.3 Å². The van der Waals surface area contributed by atoms with E-state index in [0.717, 1.165) is 35.5 Å². The SMILES string of the molecule is CN=C(CC=N)c1nnc(N2CCC(NCc3ncccc3C(F)(F)F)CC2)c2ccccc12. The van der Waals surface area contributed by atoms with E-state index in [0.29, 0.717) is 30.9 Å². The van der Waals surface area contributed by atoms with Crippen LogP contribution in [0.15, 0.2) is 47.6 Å². The minimum atomic E-state index is -4.42. The molecule has 3 aromatic rings. The van der Waals surface area contributed by atoms with Crippen LogP contribution >= 0.6 is 0 Å². The van der Waals surface area contributed by atoms with Crippen LogP contribution in [0.1, 0.15) is 36.2 Å². The van der Waals surface area contributed by atoms with Gasteiger partial charge in [0.1, 0.15) is 5.69 Å². The Labute approximate surface area is 195 Å². The van der Waals surface area contributed by atoms with Gasteiger partial charge in [-0.05, 0) is 25.0 Å². The molecule has 0 atom stereocenters. The van der Waals surface area contributed by atoms with Gasteiger partial charge in [-0.1, -0.05) is 24.3 Å². The Balaban J connectivity index is 1.46. The second kappa shape index (κ2) is 10.3. The number of fused-ring (bicyclic) bond motifs is 1. The van der Waals surface area contributed by atoms with Crippen molar-refractivity contribution in [1.82, 2.24) is 20.5 Å². The summed E-state index contributed by atoms with van der Waals surface area (Å²) in [7, 11) is 1.68. The van der Waals surface area contributed by atoms with Gasteiger partial charge in [0.25, 0.3) is 0 Å². The zero-order chi connectivity index (χ0) is 24.1. The maximum absolute atomic E-state index is 13.2. The molecule has 4 rings (SSSR count). The molecule has 0 bridgehead atoms. The molecule has 0 saturated carbocycles. The lowest BCUT2D eigenvalue weighted by Crippen LogP contribution is -2.43. The summed E-state index contributed by atoms with van der Waals surface area (Å²) in [5.74, 6) is 0.784. The molecule has 0 aliphatic carbocycles. The van der Waals surface area contributed by atoms with Crippen molar-refractivity contribution in [2.75, 3.05) is 25.0 Å². The number of nitrogens with one attached hydrogen (secondary N) is 2. The molecule has 10 heteroatoms. The Hall–Kier alpha value is -3.40. The third-order valence-corrected chi connectivity index (χ3v) is 6.05. The number of alkyl halides is 3. The molecule has 1 saturated heterocycles. The fourth-order valence-electron chi connectivity index (χ4n) is 4.30. The first-order valence-electron chi connectivity index (χ1n) is 11.1. The van der Waals surface area contributed by atoms with E-state index in [-0.39, 0.29) is 18.3 Å². The monoisotopic (exact) mass is 469 g/mol. The van der Waals surface area contributed by atoms with Crippen LogP contribution < -0.4 is 10.2 Å². The van der Waals surface area contributed by atoms with Crippen LogP contribution in [-0.2, 0) is 12.7 Å². The molecule has 178 valence electrons. The van der Waals surface area contributed by atoms with E-state index < -0.39 is 11.7 Å². The van der Waals surface area contributed by atoms with Gasteiger partial charge in [-0.25, -0.2) is 0 Å². The molecule has 1 fully saturated rings. The van der Waals surface area contributed by atoms with Crippen LogP contribution in [0.4, 0.5) is 19.0 Å². The van der Waals surface area contributed by atoms with E-state index in [1.807, 2.05) is 24.3 Å². The van der Waals surface area contributed by atoms with E-state index in [4.69, 9.17) is 5.41 Å². The minimum absolute atomic E-state index is 0.0168. The average Bonchev–Trinajstić information content (AvgIpc) is 2.85. The number of aromatic nitrogens is 3. The van der Waals surface area contributed by atoms with E-state index in [1.165, 1.54) is 18.5 Å². The van der Waals surface area contributed by atoms with Crippen molar-refractivity contribution in [2.45, 2.75) is 38.0 Å². The predicted octanol–water partition coefficient (Wildman–Crippen LogP) is 4.26. The topological polar surface area (TPSA) is 90.2 Å². The number of hydrogen-bond donors (Lipinski definition) is 2. The number of piperidine rings is 1. The van der Waals surface area contributed by atoms with Gasteiger partial charge in [0.2, 0.25) is 0 Å². The van der Waals surface area contributed by atoms with Gasteiger partial charge in [-0.3, -0.25) is 9.98 Å². The van der Waals surface area contributed by atoms with Crippen LogP contribution in [0.2, 0.25) is 0 Å². The number of anilines is 1. The zero-order valence-electron chi connectivity index (χ0n) is 18.8. The van der Waals surface area contributed by atoms with E-state index in [9.17, 15) is 13.2 Å². The molecule has 0 amide bonds. The maximum Gasteiger partial charge on any atom is 0.418 e. The first kappa shape index (κ1) is 23.7. The molecule has 2 aromatic heterocycles. The first-order chi connectivity index (χ1) is 16.4. The number of aliphatic imine (C=N–C) groups is 1. The molecule has 34 heavy (non-hydrogen) atoms. The minimum Gasteiger partial charge on any atom is -0.354 e. The van der Waals surface area contributed by atoms with E-state index in [1.54, 1.807) is 7.05 Å². The highest BCUT2D eigenvalue weighted by atomic mass is 19.4. The van der Waals surface area contributed by atoms with E-state index >= 15 is 0 Å². The quantitative estimate of drug-likeness (QED) is 0.505. The number of benzene rings is 1. The van der Waals surface area contributed by atoms with Crippen LogP contribution in [0.25, 0.3) is 10.8 Å². The van der Waals surface area contributed by atoms with Crippen molar-refractivity contribution in [2.24, 2.45) is 4.99 Å². The molecule has 1 aromatic carbocycles. The predicted molar refractivity (Wildman–Crippen MR) is 127 cm³/mol. The summed E-state index contributed by atoms with van der Waals surface area (Å²) in [6, 6.07) is 10.3. The van der Waals surface area contributed by atoms with Crippen LogP contribution in [0.5, 0.6) is 0 Å². The highest BCUT2D eigenvalue weighted by molar-refractivity contribution is 6.14. The van der Waals surface area contributed by atoms with E-state index in [2.05, 4.69) is 30.4 Å². The van der Waals surface area contributed by atoms with Gasteiger partial charge >= 0.3 is 6.18 Å². The smallest absolute Gasteiger partial charge is 0.354 e. The Bertz CT molecular complexity index is 1180. The number of halogens is 3. The summed E-state index contributed by atoms with van der Waals surface area (Å²) in [4.78, 5) is 10.4. The molecular formula is C24H26F3N7. The van der Waals surface area contributed by atoms with Gasteiger partial charge < -0.3 is 15.6 Å². The summed E-state index contributed by atoms with van der Waals surface area (Å²) < 4.78 is 39.7. The molecule has 1 aliphatic rings. The highest BCUT2D eigenvalue weighted by Gasteiger charge is 2.34. The summed E-state index contributed by atoms with van der Waals surface area (Å²) in [5, 5.41) is 21.5. The summed E-state index contributed by atoms with van der Waals surface area (Å²) in [6.45, 7) is 1.49. The standard InChI is InChI=1S/C24H26F3N7/c1-29-20(8-11-28)22-17-5-2-3-6-18(17)23(33-32-22)34-13-9-16(10-14-34)31-15-21-19(24(25,26)27)7-4-12-30-21/h2-7,11-12,16,28,31H,8-10,13-15H2,1H3. The lowest BCUT2D eigenvalue weighted by atomic mass is 10.0. The second-order valence-electron chi connectivity index (χ2n) is 8.13. The second-order valence-corrected chi connectivity index (χ2v) is 8.13. The third-order valence-electron chi connectivity index (χ3n) is 6.05. The van der Waals surface area contributed by atoms with Crippen LogP contribution in [0, 0.1) is 5.41 Å². The fraction of sp³-hybridized carbons (Fsp3) is 0.375. The van der Waals surface area contributed by atoms with Gasteiger partial charge in [-0.2, -0.15) is 13.2 Å². The third kappa shape index (κ3) is 5.06. The molecule has 3 heterocycles. The van der Waals surface area contributed by atoms with Crippen molar-refractivity contribution in [1.29, 1.82) is 5.41 Å². The summed E-state index contributed by atoms with van der Waals surface area (Å²) in [5.41, 5.74) is 0.710. The van der Waals surface area contributed by atoms with Crippen molar-refractivity contribution < 1.29 is 13.2 Å².